The molecule has 0 saturated carbocycles. The maximum absolute atomic E-state index is 13.4. The van der Waals surface area contributed by atoms with Crippen molar-refractivity contribution in [1.82, 2.24) is 0 Å². The molecule has 0 atom stereocenters. The molecule has 1 aromatic carbocycles. The normalized spacial score (nSPS) is 10.4. The highest BCUT2D eigenvalue weighted by molar-refractivity contribution is 7.98. The minimum atomic E-state index is -0.952. The molecule has 1 aromatic rings. The molecule has 1 rings (SSSR count). The van der Waals surface area contributed by atoms with Crippen LogP contribution in [0.25, 0.3) is 0 Å². The van der Waals surface area contributed by atoms with Crippen molar-refractivity contribution < 1.29 is 13.7 Å². The molecular weight excluding hydrogens is 262 g/mol. The third-order valence-corrected chi connectivity index (χ3v) is 3.00. The summed E-state index contributed by atoms with van der Waals surface area (Å²) in [4.78, 5) is 9.90. The fourth-order valence-corrected chi connectivity index (χ4v) is 1.96. The number of thioether (sulfide) groups is 1. The van der Waals surface area contributed by atoms with E-state index in [4.69, 9.17) is 0 Å². The number of nitrogens with zero attached hydrogens (tertiary/aromatic N) is 1. The van der Waals surface area contributed by atoms with Crippen LogP contribution in [-0.4, -0.2) is 23.5 Å². The first-order chi connectivity index (χ1) is 8.56. The van der Waals surface area contributed by atoms with E-state index in [0.29, 0.717) is 18.7 Å². The van der Waals surface area contributed by atoms with Crippen LogP contribution < -0.4 is 5.32 Å². The molecule has 0 saturated heterocycles. The summed E-state index contributed by atoms with van der Waals surface area (Å²) in [6.45, 7) is 0.421. The van der Waals surface area contributed by atoms with Crippen LogP contribution in [0.5, 0.6) is 0 Å². The molecule has 0 aliphatic carbocycles. The van der Waals surface area contributed by atoms with Gasteiger partial charge in [0.15, 0.2) is 5.82 Å². The van der Waals surface area contributed by atoms with Gasteiger partial charge < -0.3 is 5.32 Å². The molecule has 0 aliphatic rings. The maximum Gasteiger partial charge on any atom is 0.298 e. The van der Waals surface area contributed by atoms with Gasteiger partial charge >= 0.3 is 0 Å². The molecule has 0 fully saturated rings. The van der Waals surface area contributed by atoms with Gasteiger partial charge in [0.2, 0.25) is 0 Å². The number of halogens is 2. The molecule has 0 amide bonds. The van der Waals surface area contributed by atoms with E-state index in [1.165, 1.54) is 0 Å². The highest BCUT2D eigenvalue weighted by atomic mass is 32.2. The van der Waals surface area contributed by atoms with Crippen LogP contribution in [0.2, 0.25) is 0 Å². The van der Waals surface area contributed by atoms with E-state index in [0.717, 1.165) is 18.6 Å². The average Bonchev–Trinajstić information content (AvgIpc) is 2.30. The summed E-state index contributed by atoms with van der Waals surface area (Å²) in [6.07, 6.45) is 3.69. The van der Waals surface area contributed by atoms with E-state index in [1.54, 1.807) is 11.8 Å². The van der Waals surface area contributed by atoms with Crippen LogP contribution >= 0.6 is 11.8 Å². The molecule has 0 unspecified atom stereocenters. The van der Waals surface area contributed by atoms with Crippen molar-refractivity contribution in [3.05, 3.63) is 33.9 Å². The Morgan fingerprint density at radius 1 is 1.39 bits per heavy atom. The summed E-state index contributed by atoms with van der Waals surface area (Å²) in [5, 5.41) is 13.3. The molecule has 0 bridgehead atoms. The lowest BCUT2D eigenvalue weighted by atomic mass is 10.2. The van der Waals surface area contributed by atoms with Gasteiger partial charge in [-0.05, 0) is 24.9 Å². The zero-order valence-corrected chi connectivity index (χ0v) is 10.7. The first-order valence-corrected chi connectivity index (χ1v) is 6.82. The van der Waals surface area contributed by atoms with E-state index < -0.39 is 22.2 Å². The zero-order chi connectivity index (χ0) is 13.5. The number of benzene rings is 1. The van der Waals surface area contributed by atoms with Gasteiger partial charge in [-0.3, -0.25) is 10.1 Å². The van der Waals surface area contributed by atoms with Crippen molar-refractivity contribution in [3.63, 3.8) is 0 Å². The Morgan fingerprint density at radius 3 is 2.72 bits per heavy atom. The Morgan fingerprint density at radius 2 is 2.11 bits per heavy atom. The largest absolute Gasteiger partial charge is 0.377 e. The summed E-state index contributed by atoms with van der Waals surface area (Å²) in [5.74, 6) is -0.908. The number of hydrogen-bond donors (Lipinski definition) is 1. The lowest BCUT2D eigenvalue weighted by molar-refractivity contribution is -0.384. The lowest BCUT2D eigenvalue weighted by Crippen LogP contribution is -2.07. The SMILES string of the molecule is CSCCCCNc1c(F)cc(F)cc1[N+](=O)[O-]. The molecule has 1 N–H and O–H groups in total. The van der Waals surface area contributed by atoms with Crippen LogP contribution in [0.1, 0.15) is 12.8 Å². The first kappa shape index (κ1) is 14.7. The topological polar surface area (TPSA) is 55.2 Å². The molecule has 0 radical (unpaired) electrons. The van der Waals surface area contributed by atoms with Gasteiger partial charge in [0, 0.05) is 12.6 Å². The Labute approximate surface area is 108 Å². The Bertz CT molecular complexity index is 430. The summed E-state index contributed by atoms with van der Waals surface area (Å²) in [7, 11) is 0. The van der Waals surface area contributed by atoms with Crippen LogP contribution in [0, 0.1) is 21.7 Å². The van der Waals surface area contributed by atoms with Crippen LogP contribution in [0.3, 0.4) is 0 Å². The molecule has 0 aromatic heterocycles. The number of nitro benzene ring substituents is 1. The van der Waals surface area contributed by atoms with Crippen LogP contribution in [0.4, 0.5) is 20.2 Å². The lowest BCUT2D eigenvalue weighted by Gasteiger charge is -2.08. The van der Waals surface area contributed by atoms with Gasteiger partial charge in [-0.2, -0.15) is 11.8 Å². The molecular formula is C11H14F2N2O2S. The van der Waals surface area contributed by atoms with Crippen molar-refractivity contribution >= 4 is 23.1 Å². The Balaban J connectivity index is 2.71. The predicted octanol–water partition coefficient (Wildman–Crippen LogP) is 3.43. The van der Waals surface area contributed by atoms with Crippen molar-refractivity contribution in [3.8, 4) is 0 Å². The number of hydrogen-bond acceptors (Lipinski definition) is 4. The van der Waals surface area contributed by atoms with E-state index in [-0.39, 0.29) is 5.69 Å². The van der Waals surface area contributed by atoms with Gasteiger partial charge in [0.1, 0.15) is 11.5 Å². The van der Waals surface area contributed by atoms with Crippen molar-refractivity contribution in [2.24, 2.45) is 0 Å². The summed E-state index contributed by atoms with van der Waals surface area (Å²) in [6, 6.07) is 1.35. The quantitative estimate of drug-likeness (QED) is 0.471. The van der Waals surface area contributed by atoms with Crippen LogP contribution in [0.15, 0.2) is 12.1 Å². The number of nitrogens with one attached hydrogen (secondary N) is 1. The predicted molar refractivity (Wildman–Crippen MR) is 69.1 cm³/mol. The Hall–Kier alpha value is -1.37. The second-order valence-electron chi connectivity index (χ2n) is 3.67. The van der Waals surface area contributed by atoms with Gasteiger partial charge in [0.25, 0.3) is 5.69 Å². The number of anilines is 1. The molecule has 4 nitrogen and oxygen atoms in total. The fraction of sp³-hybridized carbons (Fsp3) is 0.455. The van der Waals surface area contributed by atoms with Crippen molar-refractivity contribution in [2.45, 2.75) is 12.8 Å². The molecule has 100 valence electrons. The van der Waals surface area contributed by atoms with E-state index >= 15 is 0 Å². The number of rotatable bonds is 7. The van der Waals surface area contributed by atoms with E-state index in [2.05, 4.69) is 5.32 Å². The third kappa shape index (κ3) is 4.14. The van der Waals surface area contributed by atoms with Gasteiger partial charge in [-0.15, -0.1) is 0 Å². The van der Waals surface area contributed by atoms with Gasteiger partial charge in [-0.25, -0.2) is 8.78 Å². The second kappa shape index (κ2) is 7.15. The molecule has 0 aliphatic heterocycles. The minimum Gasteiger partial charge on any atom is -0.377 e. The first-order valence-electron chi connectivity index (χ1n) is 5.42. The van der Waals surface area contributed by atoms with Crippen molar-refractivity contribution in [2.75, 3.05) is 23.9 Å². The maximum atomic E-state index is 13.4. The third-order valence-electron chi connectivity index (χ3n) is 2.31. The number of nitro groups is 1. The molecule has 0 spiro atoms. The molecule has 7 heteroatoms. The minimum absolute atomic E-state index is 0.245. The summed E-state index contributed by atoms with van der Waals surface area (Å²) >= 11 is 1.70. The van der Waals surface area contributed by atoms with E-state index in [9.17, 15) is 18.9 Å². The smallest absolute Gasteiger partial charge is 0.298 e. The standard InChI is InChI=1S/C11H14F2N2O2S/c1-18-5-3-2-4-14-11-9(13)6-8(12)7-10(11)15(16)17/h6-7,14H,2-5H2,1H3. The van der Waals surface area contributed by atoms with Gasteiger partial charge in [-0.1, -0.05) is 0 Å². The van der Waals surface area contributed by atoms with Crippen LogP contribution in [-0.2, 0) is 0 Å². The fourth-order valence-electron chi connectivity index (χ4n) is 1.46. The summed E-state index contributed by atoms with van der Waals surface area (Å²) < 4.78 is 26.3. The highest BCUT2D eigenvalue weighted by Crippen LogP contribution is 2.28. The van der Waals surface area contributed by atoms with Crippen molar-refractivity contribution in [1.29, 1.82) is 0 Å². The van der Waals surface area contributed by atoms with E-state index in [1.807, 2.05) is 6.26 Å². The molecule has 0 heterocycles. The zero-order valence-electron chi connectivity index (χ0n) is 9.91. The molecule has 18 heavy (non-hydrogen) atoms. The monoisotopic (exact) mass is 276 g/mol. The number of unbranched alkanes of at least 4 members (excludes halogenated alkanes) is 1. The Kier molecular flexibility index (Phi) is 5.84. The summed E-state index contributed by atoms with van der Waals surface area (Å²) in [5.41, 5.74) is -0.817. The average molecular weight is 276 g/mol. The highest BCUT2D eigenvalue weighted by Gasteiger charge is 2.19. The van der Waals surface area contributed by atoms with Gasteiger partial charge in [0.05, 0.1) is 11.0 Å². The second-order valence-corrected chi connectivity index (χ2v) is 4.65.